The smallest absolute Gasteiger partial charge is 0.248 e. The van der Waals surface area contributed by atoms with E-state index in [0.717, 1.165) is 6.07 Å². The number of halogens is 3. The Bertz CT molecular complexity index is 662. The first-order chi connectivity index (χ1) is 9.47. The molecule has 0 atom stereocenters. The number of anilines is 1. The molecule has 3 N–H and O–H groups in total. The number of amides is 1. The summed E-state index contributed by atoms with van der Waals surface area (Å²) < 4.78 is 27.4. The van der Waals surface area contributed by atoms with Crippen LogP contribution in [0, 0.1) is 11.6 Å². The quantitative estimate of drug-likeness (QED) is 0.895. The van der Waals surface area contributed by atoms with Crippen molar-refractivity contribution in [3.05, 3.63) is 63.6 Å². The Morgan fingerprint density at radius 3 is 2.50 bits per heavy atom. The first-order valence-electron chi connectivity index (χ1n) is 5.74. The second kappa shape index (κ2) is 6.00. The molecule has 0 aliphatic rings. The summed E-state index contributed by atoms with van der Waals surface area (Å²) in [5.41, 5.74) is 6.06. The van der Waals surface area contributed by atoms with Gasteiger partial charge in [-0.25, -0.2) is 8.78 Å². The standard InChI is InChI=1S/C14H11BrF2N2O/c15-11-4-3-10(6-13(11)17)19-7-9-2-1-8(14(18)20)5-12(9)16/h1-6,19H,7H2,(H2,18,20). The van der Waals surface area contributed by atoms with E-state index in [4.69, 9.17) is 5.73 Å². The van der Waals surface area contributed by atoms with Gasteiger partial charge in [0.05, 0.1) is 4.47 Å². The lowest BCUT2D eigenvalue weighted by molar-refractivity contribution is 0.1000. The lowest BCUT2D eigenvalue weighted by Crippen LogP contribution is -2.12. The third-order valence-corrected chi connectivity index (χ3v) is 3.38. The van der Waals surface area contributed by atoms with Crippen molar-refractivity contribution in [2.45, 2.75) is 6.54 Å². The van der Waals surface area contributed by atoms with Gasteiger partial charge in [-0.2, -0.15) is 0 Å². The molecular weight excluding hydrogens is 330 g/mol. The van der Waals surface area contributed by atoms with Crippen molar-refractivity contribution in [2.24, 2.45) is 5.73 Å². The molecule has 0 spiro atoms. The van der Waals surface area contributed by atoms with Crippen molar-refractivity contribution in [3.8, 4) is 0 Å². The average molecular weight is 341 g/mol. The maximum absolute atomic E-state index is 13.7. The zero-order valence-corrected chi connectivity index (χ0v) is 11.9. The highest BCUT2D eigenvalue weighted by Crippen LogP contribution is 2.20. The summed E-state index contributed by atoms with van der Waals surface area (Å²) in [5, 5.41) is 2.90. The highest BCUT2D eigenvalue weighted by atomic mass is 79.9. The molecular formula is C14H11BrF2N2O. The molecule has 1 amide bonds. The van der Waals surface area contributed by atoms with Gasteiger partial charge in [-0.1, -0.05) is 6.07 Å². The van der Waals surface area contributed by atoms with E-state index in [1.807, 2.05) is 0 Å². The van der Waals surface area contributed by atoms with Crippen LogP contribution < -0.4 is 11.1 Å². The normalized spacial score (nSPS) is 10.3. The molecule has 2 aromatic carbocycles. The molecule has 0 saturated carbocycles. The predicted octanol–water partition coefficient (Wildman–Crippen LogP) is 3.44. The van der Waals surface area contributed by atoms with Crippen LogP contribution in [-0.4, -0.2) is 5.91 Å². The van der Waals surface area contributed by atoms with E-state index in [9.17, 15) is 13.6 Å². The Balaban J connectivity index is 2.10. The van der Waals surface area contributed by atoms with Crippen LogP contribution in [0.5, 0.6) is 0 Å². The van der Waals surface area contributed by atoms with Gasteiger partial charge >= 0.3 is 0 Å². The van der Waals surface area contributed by atoms with Crippen molar-refractivity contribution in [1.82, 2.24) is 0 Å². The Kier molecular flexibility index (Phi) is 4.34. The van der Waals surface area contributed by atoms with E-state index in [2.05, 4.69) is 21.2 Å². The number of primary amides is 1. The van der Waals surface area contributed by atoms with Crippen LogP contribution >= 0.6 is 15.9 Å². The first-order valence-corrected chi connectivity index (χ1v) is 6.54. The lowest BCUT2D eigenvalue weighted by atomic mass is 10.1. The topological polar surface area (TPSA) is 55.1 Å². The van der Waals surface area contributed by atoms with Gasteiger partial charge in [-0.15, -0.1) is 0 Å². The summed E-state index contributed by atoms with van der Waals surface area (Å²) in [6.07, 6.45) is 0. The highest BCUT2D eigenvalue weighted by molar-refractivity contribution is 9.10. The molecule has 0 fully saturated rings. The average Bonchev–Trinajstić information content (AvgIpc) is 2.41. The molecule has 0 saturated heterocycles. The largest absolute Gasteiger partial charge is 0.381 e. The monoisotopic (exact) mass is 340 g/mol. The van der Waals surface area contributed by atoms with Crippen LogP contribution in [0.3, 0.4) is 0 Å². The molecule has 104 valence electrons. The second-order valence-corrected chi connectivity index (χ2v) is 5.01. The molecule has 0 bridgehead atoms. The Morgan fingerprint density at radius 1 is 1.15 bits per heavy atom. The van der Waals surface area contributed by atoms with E-state index >= 15 is 0 Å². The number of carbonyl (C=O) groups is 1. The van der Waals surface area contributed by atoms with Gasteiger partial charge in [0, 0.05) is 23.4 Å². The summed E-state index contributed by atoms with van der Waals surface area (Å²) in [7, 11) is 0. The summed E-state index contributed by atoms with van der Waals surface area (Å²) in [6, 6.07) is 8.54. The number of rotatable bonds is 4. The van der Waals surface area contributed by atoms with Gasteiger partial charge in [0.1, 0.15) is 11.6 Å². The third kappa shape index (κ3) is 3.33. The predicted molar refractivity (Wildman–Crippen MR) is 76.3 cm³/mol. The first kappa shape index (κ1) is 14.5. The minimum Gasteiger partial charge on any atom is -0.381 e. The molecule has 0 aliphatic heterocycles. The fourth-order valence-corrected chi connectivity index (χ4v) is 1.89. The zero-order valence-electron chi connectivity index (χ0n) is 10.3. The second-order valence-electron chi connectivity index (χ2n) is 4.15. The number of hydrogen-bond acceptors (Lipinski definition) is 2. The van der Waals surface area contributed by atoms with Crippen LogP contribution in [0.2, 0.25) is 0 Å². The Labute approximate surface area is 122 Å². The van der Waals surface area contributed by atoms with Crippen molar-refractivity contribution in [1.29, 1.82) is 0 Å². The maximum Gasteiger partial charge on any atom is 0.248 e. The van der Waals surface area contributed by atoms with Crippen LogP contribution in [0.15, 0.2) is 40.9 Å². The van der Waals surface area contributed by atoms with Gasteiger partial charge in [-0.3, -0.25) is 4.79 Å². The fourth-order valence-electron chi connectivity index (χ4n) is 1.65. The number of nitrogens with two attached hydrogens (primary N) is 1. The summed E-state index contributed by atoms with van der Waals surface area (Å²) >= 11 is 3.05. The minimum atomic E-state index is -0.682. The molecule has 2 rings (SSSR count). The number of nitrogens with one attached hydrogen (secondary N) is 1. The van der Waals surface area contributed by atoms with E-state index in [1.165, 1.54) is 18.2 Å². The van der Waals surface area contributed by atoms with Crippen LogP contribution in [0.1, 0.15) is 15.9 Å². The SMILES string of the molecule is NC(=O)c1ccc(CNc2ccc(Br)c(F)c2)c(F)c1. The molecule has 20 heavy (non-hydrogen) atoms. The molecule has 0 aromatic heterocycles. The van der Waals surface area contributed by atoms with Gasteiger partial charge in [-0.05, 0) is 46.3 Å². The van der Waals surface area contributed by atoms with E-state index in [1.54, 1.807) is 12.1 Å². The third-order valence-electron chi connectivity index (χ3n) is 2.74. The van der Waals surface area contributed by atoms with Crippen LogP contribution in [0.4, 0.5) is 14.5 Å². The molecule has 0 radical (unpaired) electrons. The number of benzene rings is 2. The van der Waals surface area contributed by atoms with Crippen molar-refractivity contribution < 1.29 is 13.6 Å². The Hall–Kier alpha value is -1.95. The summed E-state index contributed by atoms with van der Waals surface area (Å²) in [6.45, 7) is 0.173. The van der Waals surface area contributed by atoms with Crippen LogP contribution in [0.25, 0.3) is 0 Å². The zero-order chi connectivity index (χ0) is 14.7. The fraction of sp³-hybridized carbons (Fsp3) is 0.0714. The summed E-state index contributed by atoms with van der Waals surface area (Å²) in [4.78, 5) is 10.9. The van der Waals surface area contributed by atoms with Crippen molar-refractivity contribution in [3.63, 3.8) is 0 Å². The van der Waals surface area contributed by atoms with Gasteiger partial charge in [0.2, 0.25) is 5.91 Å². The molecule has 0 heterocycles. The van der Waals surface area contributed by atoms with Gasteiger partial charge in [0.25, 0.3) is 0 Å². The lowest BCUT2D eigenvalue weighted by Gasteiger charge is -2.08. The van der Waals surface area contributed by atoms with E-state index in [0.29, 0.717) is 15.7 Å². The van der Waals surface area contributed by atoms with Crippen LogP contribution in [-0.2, 0) is 6.54 Å². The van der Waals surface area contributed by atoms with Gasteiger partial charge < -0.3 is 11.1 Å². The van der Waals surface area contributed by atoms with E-state index < -0.39 is 17.5 Å². The van der Waals surface area contributed by atoms with Gasteiger partial charge in [0.15, 0.2) is 0 Å². The van der Waals surface area contributed by atoms with Crippen molar-refractivity contribution in [2.75, 3.05) is 5.32 Å². The van der Waals surface area contributed by atoms with E-state index in [-0.39, 0.29) is 12.1 Å². The Morgan fingerprint density at radius 2 is 1.90 bits per heavy atom. The summed E-state index contributed by atoms with van der Waals surface area (Å²) in [5.74, 6) is -1.62. The molecule has 2 aromatic rings. The molecule has 0 unspecified atom stereocenters. The van der Waals surface area contributed by atoms with Crippen molar-refractivity contribution >= 4 is 27.5 Å². The highest BCUT2D eigenvalue weighted by Gasteiger charge is 2.07. The maximum atomic E-state index is 13.7. The molecule has 0 aliphatic carbocycles. The minimum absolute atomic E-state index is 0.112. The molecule has 6 heteroatoms. The molecule has 3 nitrogen and oxygen atoms in total. The number of hydrogen-bond donors (Lipinski definition) is 2. The number of carbonyl (C=O) groups excluding carboxylic acids is 1.